The number of nitrogens with zero attached hydrogens (tertiary/aromatic N) is 4. The smallest absolute Gasteiger partial charge is 0.131 e. The van der Waals surface area contributed by atoms with E-state index in [-0.39, 0.29) is 6.04 Å². The molecule has 5 heteroatoms. The van der Waals surface area contributed by atoms with E-state index < -0.39 is 0 Å². The van der Waals surface area contributed by atoms with Gasteiger partial charge in [0.05, 0.1) is 5.69 Å². The molecule has 0 amide bonds. The van der Waals surface area contributed by atoms with Crippen molar-refractivity contribution >= 4 is 0 Å². The van der Waals surface area contributed by atoms with Crippen LogP contribution >= 0.6 is 0 Å². The summed E-state index contributed by atoms with van der Waals surface area (Å²) in [7, 11) is 3.98. The third-order valence-corrected chi connectivity index (χ3v) is 3.14. The van der Waals surface area contributed by atoms with Crippen molar-refractivity contribution in [2.24, 2.45) is 14.1 Å². The number of hydrogen-bond acceptors (Lipinski definition) is 3. The van der Waals surface area contributed by atoms with Crippen molar-refractivity contribution in [1.29, 1.82) is 0 Å². The molecule has 1 unspecified atom stereocenters. The predicted octanol–water partition coefficient (Wildman–Crippen LogP) is 1.55. The maximum atomic E-state index is 4.56. The van der Waals surface area contributed by atoms with E-state index in [2.05, 4.69) is 35.3 Å². The SMILES string of the molecule is CCCNC(c1cc(C)n(C)n1)c1nccn1C. The molecule has 0 aliphatic rings. The van der Waals surface area contributed by atoms with Crippen molar-refractivity contribution in [3.8, 4) is 0 Å². The first kappa shape index (κ1) is 12.8. The molecule has 0 aromatic carbocycles. The van der Waals surface area contributed by atoms with Gasteiger partial charge in [-0.15, -0.1) is 0 Å². The highest BCUT2D eigenvalue weighted by Gasteiger charge is 2.20. The maximum Gasteiger partial charge on any atom is 0.131 e. The lowest BCUT2D eigenvalue weighted by atomic mass is 10.1. The summed E-state index contributed by atoms with van der Waals surface area (Å²) < 4.78 is 3.94. The van der Waals surface area contributed by atoms with E-state index in [0.29, 0.717) is 0 Å². The summed E-state index contributed by atoms with van der Waals surface area (Å²) in [6.45, 7) is 5.17. The number of hydrogen-bond donors (Lipinski definition) is 1. The van der Waals surface area contributed by atoms with Crippen LogP contribution in [0.3, 0.4) is 0 Å². The average molecular weight is 247 g/mol. The number of rotatable bonds is 5. The quantitative estimate of drug-likeness (QED) is 0.872. The van der Waals surface area contributed by atoms with Gasteiger partial charge in [0.1, 0.15) is 11.9 Å². The minimum absolute atomic E-state index is 0.0600. The van der Waals surface area contributed by atoms with Crippen LogP contribution in [0, 0.1) is 6.92 Å². The van der Waals surface area contributed by atoms with Crippen molar-refractivity contribution in [2.45, 2.75) is 26.3 Å². The first-order valence-corrected chi connectivity index (χ1v) is 6.34. The zero-order chi connectivity index (χ0) is 13.1. The Hall–Kier alpha value is -1.62. The Kier molecular flexibility index (Phi) is 3.81. The van der Waals surface area contributed by atoms with Crippen LogP contribution in [-0.2, 0) is 14.1 Å². The fourth-order valence-electron chi connectivity index (χ4n) is 2.00. The zero-order valence-electron chi connectivity index (χ0n) is 11.5. The standard InChI is InChI=1S/C13H21N5/c1-5-6-14-12(13-15-7-8-17(13)3)11-9-10(2)18(4)16-11/h7-9,12,14H,5-6H2,1-4H3. The molecule has 0 bridgehead atoms. The summed E-state index contributed by atoms with van der Waals surface area (Å²) in [5, 5.41) is 8.07. The Morgan fingerprint density at radius 3 is 2.67 bits per heavy atom. The molecule has 1 N–H and O–H groups in total. The fraction of sp³-hybridized carbons (Fsp3) is 0.538. The van der Waals surface area contributed by atoms with Crippen LogP contribution in [0.4, 0.5) is 0 Å². The normalized spacial score (nSPS) is 12.9. The van der Waals surface area contributed by atoms with Gasteiger partial charge in [0.25, 0.3) is 0 Å². The van der Waals surface area contributed by atoms with Gasteiger partial charge < -0.3 is 9.88 Å². The van der Waals surface area contributed by atoms with Crippen LogP contribution in [0.15, 0.2) is 18.5 Å². The van der Waals surface area contributed by atoms with E-state index in [1.165, 1.54) is 0 Å². The van der Waals surface area contributed by atoms with Gasteiger partial charge in [0.2, 0.25) is 0 Å². The van der Waals surface area contributed by atoms with Gasteiger partial charge in [-0.25, -0.2) is 4.98 Å². The van der Waals surface area contributed by atoms with E-state index in [1.807, 2.05) is 35.7 Å². The van der Waals surface area contributed by atoms with Crippen LogP contribution in [0.5, 0.6) is 0 Å². The van der Waals surface area contributed by atoms with Crippen molar-refractivity contribution in [2.75, 3.05) is 6.54 Å². The van der Waals surface area contributed by atoms with Crippen LogP contribution < -0.4 is 5.32 Å². The summed E-state index contributed by atoms with van der Waals surface area (Å²) in [5.41, 5.74) is 2.18. The van der Waals surface area contributed by atoms with Crippen molar-refractivity contribution in [3.63, 3.8) is 0 Å². The average Bonchev–Trinajstić information content (AvgIpc) is 2.88. The second-order valence-electron chi connectivity index (χ2n) is 4.62. The Balaban J connectivity index is 2.33. The predicted molar refractivity (Wildman–Crippen MR) is 71.3 cm³/mol. The Morgan fingerprint density at radius 1 is 1.39 bits per heavy atom. The maximum absolute atomic E-state index is 4.56. The largest absolute Gasteiger partial charge is 0.336 e. The number of aryl methyl sites for hydroxylation is 3. The van der Waals surface area contributed by atoms with Crippen molar-refractivity contribution in [3.05, 3.63) is 35.7 Å². The molecule has 0 spiro atoms. The number of aromatic nitrogens is 4. The molecule has 0 aliphatic carbocycles. The topological polar surface area (TPSA) is 47.7 Å². The Labute approximate surface area is 108 Å². The van der Waals surface area contributed by atoms with Gasteiger partial charge in [0.15, 0.2) is 0 Å². The molecule has 2 aromatic heterocycles. The van der Waals surface area contributed by atoms with Gasteiger partial charge in [-0.1, -0.05) is 6.92 Å². The van der Waals surface area contributed by atoms with Gasteiger partial charge in [-0.2, -0.15) is 5.10 Å². The first-order valence-electron chi connectivity index (χ1n) is 6.34. The third-order valence-electron chi connectivity index (χ3n) is 3.14. The summed E-state index contributed by atoms with van der Waals surface area (Å²) in [6.07, 6.45) is 4.88. The molecule has 0 aliphatic heterocycles. The molecule has 98 valence electrons. The monoisotopic (exact) mass is 247 g/mol. The molecule has 2 aromatic rings. The van der Waals surface area contributed by atoms with Gasteiger partial charge >= 0.3 is 0 Å². The number of imidazole rings is 1. The third kappa shape index (κ3) is 2.46. The summed E-state index contributed by atoms with van der Waals surface area (Å²) in [6, 6.07) is 2.17. The van der Waals surface area contributed by atoms with Gasteiger partial charge in [-0.05, 0) is 26.0 Å². The number of nitrogens with one attached hydrogen (secondary N) is 1. The molecule has 0 radical (unpaired) electrons. The van der Waals surface area contributed by atoms with Crippen LogP contribution in [0.25, 0.3) is 0 Å². The molecule has 1 atom stereocenters. The molecular weight excluding hydrogens is 226 g/mol. The minimum atomic E-state index is 0.0600. The lowest BCUT2D eigenvalue weighted by Gasteiger charge is -2.16. The lowest BCUT2D eigenvalue weighted by Crippen LogP contribution is -2.26. The van der Waals surface area contributed by atoms with E-state index in [1.54, 1.807) is 0 Å². The molecule has 5 nitrogen and oxygen atoms in total. The van der Waals surface area contributed by atoms with Crippen molar-refractivity contribution < 1.29 is 0 Å². The highest BCUT2D eigenvalue weighted by molar-refractivity contribution is 5.20. The van der Waals surface area contributed by atoms with Crippen LogP contribution in [0.2, 0.25) is 0 Å². The van der Waals surface area contributed by atoms with E-state index >= 15 is 0 Å². The molecule has 2 rings (SSSR count). The van der Waals surface area contributed by atoms with E-state index in [4.69, 9.17) is 0 Å². The molecule has 2 heterocycles. The highest BCUT2D eigenvalue weighted by Crippen LogP contribution is 2.19. The summed E-state index contributed by atoms with van der Waals surface area (Å²) >= 11 is 0. The van der Waals surface area contributed by atoms with Crippen molar-refractivity contribution in [1.82, 2.24) is 24.6 Å². The lowest BCUT2D eigenvalue weighted by molar-refractivity contribution is 0.537. The zero-order valence-corrected chi connectivity index (χ0v) is 11.5. The Morgan fingerprint density at radius 2 is 2.17 bits per heavy atom. The summed E-state index contributed by atoms with van der Waals surface area (Å²) in [4.78, 5) is 4.44. The van der Waals surface area contributed by atoms with E-state index in [9.17, 15) is 0 Å². The molecular formula is C13H21N5. The fourth-order valence-corrected chi connectivity index (χ4v) is 2.00. The Bertz CT molecular complexity index is 492. The van der Waals surface area contributed by atoms with Gasteiger partial charge in [0, 0.05) is 32.2 Å². The van der Waals surface area contributed by atoms with Crippen LogP contribution in [0.1, 0.15) is 36.6 Å². The van der Waals surface area contributed by atoms with Crippen LogP contribution in [-0.4, -0.2) is 25.9 Å². The molecule has 18 heavy (non-hydrogen) atoms. The minimum Gasteiger partial charge on any atom is -0.336 e. The molecule has 0 fully saturated rings. The summed E-state index contributed by atoms with van der Waals surface area (Å²) in [5.74, 6) is 1.00. The second kappa shape index (κ2) is 5.35. The highest BCUT2D eigenvalue weighted by atomic mass is 15.3. The van der Waals surface area contributed by atoms with Gasteiger partial charge in [-0.3, -0.25) is 4.68 Å². The van der Waals surface area contributed by atoms with E-state index in [0.717, 1.165) is 30.2 Å². The molecule has 0 saturated carbocycles. The second-order valence-corrected chi connectivity index (χ2v) is 4.62. The first-order chi connectivity index (χ1) is 8.63. The molecule has 0 saturated heterocycles.